The largest absolute Gasteiger partial charge is 0.462 e. The molecule has 0 atom stereocenters. The average Bonchev–Trinajstić information content (AvgIpc) is 3.45. The Morgan fingerprint density at radius 3 is 2.58 bits per heavy atom. The minimum absolute atomic E-state index is 0.144. The van der Waals surface area contributed by atoms with Gasteiger partial charge in [0.05, 0.1) is 13.2 Å². The molecule has 1 saturated heterocycles. The molecule has 3 aromatic heterocycles. The first-order valence-corrected chi connectivity index (χ1v) is 11.8. The predicted molar refractivity (Wildman–Crippen MR) is 123 cm³/mol. The molecule has 0 bridgehead atoms. The minimum atomic E-state index is -0.418. The van der Waals surface area contributed by atoms with Crippen LogP contribution in [0.5, 0.6) is 0 Å². The third-order valence-electron chi connectivity index (χ3n) is 4.88. The molecule has 4 heterocycles. The van der Waals surface area contributed by atoms with Gasteiger partial charge in [-0.1, -0.05) is 6.07 Å². The van der Waals surface area contributed by atoms with E-state index in [0.29, 0.717) is 16.5 Å². The first-order chi connectivity index (χ1) is 15.2. The Bertz CT molecular complexity index is 1020. The van der Waals surface area contributed by atoms with Crippen molar-refractivity contribution in [3.05, 3.63) is 46.9 Å². The van der Waals surface area contributed by atoms with Crippen LogP contribution in [-0.2, 0) is 9.53 Å². The fourth-order valence-corrected chi connectivity index (χ4v) is 5.19. The molecule has 162 valence electrons. The monoisotopic (exact) mass is 457 g/mol. The Morgan fingerprint density at radius 2 is 1.90 bits per heavy atom. The van der Waals surface area contributed by atoms with Gasteiger partial charge in [-0.15, -0.1) is 22.7 Å². The van der Waals surface area contributed by atoms with E-state index in [9.17, 15) is 9.59 Å². The molecule has 3 aromatic rings. The summed E-state index contributed by atoms with van der Waals surface area (Å²) in [6, 6.07) is 5.69. The Kier molecular flexibility index (Phi) is 6.90. The number of amides is 1. The second kappa shape index (κ2) is 9.99. The number of anilines is 2. The predicted octanol–water partition coefficient (Wildman–Crippen LogP) is 3.20. The first kappa shape index (κ1) is 21.4. The molecule has 0 spiro atoms. The minimum Gasteiger partial charge on any atom is -0.462 e. The van der Waals surface area contributed by atoms with Crippen LogP contribution in [0.2, 0.25) is 0 Å². The van der Waals surface area contributed by atoms with Crippen LogP contribution in [0.15, 0.2) is 41.4 Å². The quantitative estimate of drug-likeness (QED) is 0.545. The molecule has 0 unspecified atom stereocenters. The number of carbonyl (C=O) groups excluding carboxylic acids is 2. The van der Waals surface area contributed by atoms with Crippen molar-refractivity contribution in [3.63, 3.8) is 0 Å². The fraction of sp³-hybridized carbons (Fsp3) is 0.333. The van der Waals surface area contributed by atoms with Gasteiger partial charge in [-0.3, -0.25) is 9.69 Å². The number of hydrogen-bond acceptors (Lipinski definition) is 9. The molecular formula is C21H23N5O3S2. The van der Waals surface area contributed by atoms with Crippen molar-refractivity contribution in [1.82, 2.24) is 14.9 Å². The van der Waals surface area contributed by atoms with Crippen LogP contribution in [0.1, 0.15) is 17.3 Å². The molecule has 1 fully saturated rings. The highest BCUT2D eigenvalue weighted by Crippen LogP contribution is 2.38. The Labute approximate surface area is 188 Å². The van der Waals surface area contributed by atoms with Gasteiger partial charge in [0.15, 0.2) is 0 Å². The van der Waals surface area contributed by atoms with Crippen molar-refractivity contribution in [1.29, 1.82) is 0 Å². The summed E-state index contributed by atoms with van der Waals surface area (Å²) < 4.78 is 5.24. The lowest BCUT2D eigenvalue weighted by atomic mass is 10.1. The average molecular weight is 458 g/mol. The number of thiophene rings is 2. The maximum Gasteiger partial charge on any atom is 0.341 e. The molecule has 8 nitrogen and oxygen atoms in total. The molecule has 10 heteroatoms. The Balaban J connectivity index is 1.39. The van der Waals surface area contributed by atoms with Gasteiger partial charge in [0, 0.05) is 54.4 Å². The number of esters is 1. The van der Waals surface area contributed by atoms with E-state index in [1.54, 1.807) is 36.7 Å². The van der Waals surface area contributed by atoms with Crippen molar-refractivity contribution in [2.45, 2.75) is 6.92 Å². The van der Waals surface area contributed by atoms with Gasteiger partial charge in [0.2, 0.25) is 11.9 Å². The van der Waals surface area contributed by atoms with Gasteiger partial charge in [-0.05, 0) is 24.4 Å². The summed E-state index contributed by atoms with van der Waals surface area (Å²) in [6.45, 7) is 5.30. The third kappa shape index (κ3) is 5.09. The van der Waals surface area contributed by atoms with E-state index in [1.165, 1.54) is 11.3 Å². The number of aromatic nitrogens is 2. The number of hydrogen-bond donors (Lipinski definition) is 1. The topological polar surface area (TPSA) is 87.7 Å². The Hall–Kier alpha value is -2.82. The lowest BCUT2D eigenvalue weighted by molar-refractivity contribution is -0.117. The fourth-order valence-electron chi connectivity index (χ4n) is 3.40. The summed E-state index contributed by atoms with van der Waals surface area (Å²) >= 11 is 2.90. The van der Waals surface area contributed by atoms with Gasteiger partial charge in [0.1, 0.15) is 10.6 Å². The summed E-state index contributed by atoms with van der Waals surface area (Å²) in [4.78, 5) is 39.1. The number of piperazine rings is 1. The van der Waals surface area contributed by atoms with Gasteiger partial charge in [-0.25, -0.2) is 14.8 Å². The van der Waals surface area contributed by atoms with E-state index >= 15 is 0 Å². The summed E-state index contributed by atoms with van der Waals surface area (Å²) in [6.07, 6.45) is 3.46. The van der Waals surface area contributed by atoms with E-state index in [4.69, 9.17) is 4.74 Å². The van der Waals surface area contributed by atoms with Crippen LogP contribution in [-0.4, -0.2) is 66.1 Å². The molecule has 1 aliphatic heterocycles. The molecule has 1 amide bonds. The zero-order chi connectivity index (χ0) is 21.6. The zero-order valence-corrected chi connectivity index (χ0v) is 18.7. The number of nitrogens with one attached hydrogen (secondary N) is 1. The number of rotatable bonds is 7. The van der Waals surface area contributed by atoms with Crippen molar-refractivity contribution in [2.75, 3.05) is 49.5 Å². The van der Waals surface area contributed by atoms with Crippen LogP contribution in [0.3, 0.4) is 0 Å². The van der Waals surface area contributed by atoms with Crippen molar-refractivity contribution >= 4 is 45.5 Å². The highest BCUT2D eigenvalue weighted by atomic mass is 32.1. The second-order valence-electron chi connectivity index (χ2n) is 6.91. The van der Waals surface area contributed by atoms with E-state index < -0.39 is 5.97 Å². The third-order valence-corrected chi connectivity index (χ3v) is 6.68. The van der Waals surface area contributed by atoms with Gasteiger partial charge in [0.25, 0.3) is 0 Å². The highest BCUT2D eigenvalue weighted by molar-refractivity contribution is 7.17. The molecule has 31 heavy (non-hydrogen) atoms. The summed E-state index contributed by atoms with van der Waals surface area (Å²) in [7, 11) is 0. The maximum absolute atomic E-state index is 12.7. The number of carbonyl (C=O) groups is 2. The summed E-state index contributed by atoms with van der Waals surface area (Å²) in [5.74, 6) is 0.152. The van der Waals surface area contributed by atoms with E-state index in [0.717, 1.165) is 36.6 Å². The normalized spacial score (nSPS) is 14.4. The molecule has 1 N–H and O–H groups in total. The first-order valence-electron chi connectivity index (χ1n) is 10.0. The SMILES string of the molecule is CCOC(=O)c1c(-c2cccs2)csc1NC(=O)CN1CCN(c2ncccn2)CC1. The number of ether oxygens (including phenoxy) is 1. The van der Waals surface area contributed by atoms with Crippen LogP contribution in [0.4, 0.5) is 10.9 Å². The van der Waals surface area contributed by atoms with Crippen molar-refractivity contribution in [2.24, 2.45) is 0 Å². The lowest BCUT2D eigenvalue weighted by Crippen LogP contribution is -2.49. The summed E-state index contributed by atoms with van der Waals surface area (Å²) in [5, 5.41) is 7.31. The highest BCUT2D eigenvalue weighted by Gasteiger charge is 2.25. The van der Waals surface area contributed by atoms with Gasteiger partial charge < -0.3 is 15.0 Å². The maximum atomic E-state index is 12.7. The van der Waals surface area contributed by atoms with Crippen molar-refractivity contribution < 1.29 is 14.3 Å². The summed E-state index contributed by atoms with van der Waals surface area (Å²) in [5.41, 5.74) is 1.22. The molecular weight excluding hydrogens is 434 g/mol. The standard InChI is InChI=1S/C21H23N5O3S2/c1-2-29-20(28)18-15(16-5-3-12-30-16)14-31-19(18)24-17(27)13-25-8-10-26(11-9-25)21-22-6-4-7-23-21/h3-7,12,14H,2,8-11,13H2,1H3,(H,24,27). The van der Waals surface area contributed by atoms with Crippen LogP contribution in [0.25, 0.3) is 10.4 Å². The zero-order valence-electron chi connectivity index (χ0n) is 17.1. The smallest absolute Gasteiger partial charge is 0.341 e. The van der Waals surface area contributed by atoms with Crippen molar-refractivity contribution in [3.8, 4) is 10.4 Å². The second-order valence-corrected chi connectivity index (χ2v) is 8.74. The molecule has 0 saturated carbocycles. The van der Waals surface area contributed by atoms with Gasteiger partial charge in [-0.2, -0.15) is 0 Å². The lowest BCUT2D eigenvalue weighted by Gasteiger charge is -2.34. The van der Waals surface area contributed by atoms with E-state index in [-0.39, 0.29) is 19.1 Å². The van der Waals surface area contributed by atoms with Crippen LogP contribution >= 0.6 is 22.7 Å². The Morgan fingerprint density at radius 1 is 1.13 bits per heavy atom. The molecule has 0 aliphatic carbocycles. The van der Waals surface area contributed by atoms with E-state index in [2.05, 4.69) is 25.1 Å². The van der Waals surface area contributed by atoms with Crippen LogP contribution < -0.4 is 10.2 Å². The van der Waals surface area contributed by atoms with Crippen LogP contribution in [0, 0.1) is 0 Å². The number of nitrogens with zero attached hydrogens (tertiary/aromatic N) is 4. The molecule has 4 rings (SSSR count). The van der Waals surface area contributed by atoms with Gasteiger partial charge >= 0.3 is 5.97 Å². The molecule has 1 aliphatic rings. The molecule has 0 radical (unpaired) electrons. The van der Waals surface area contributed by atoms with E-state index in [1.807, 2.05) is 22.9 Å². The molecule has 0 aromatic carbocycles.